The Bertz CT molecular complexity index is 6990. The van der Waals surface area contributed by atoms with Gasteiger partial charge in [0.2, 0.25) is 29.5 Å². The number of rotatable bonds is 33. The van der Waals surface area contributed by atoms with Gasteiger partial charge in [0.05, 0.1) is 22.3 Å². The van der Waals surface area contributed by atoms with E-state index in [1.807, 2.05) is 170 Å². The average molecular weight is 1900 g/mol. The van der Waals surface area contributed by atoms with Gasteiger partial charge in [-0.05, 0) is 180 Å². The SMILES string of the molecule is C=C(C)C(=O)CCCN(CCNC(=O)C(=C)C)C(=O)C(Cc1cccc2c1oc1ccccc12)N1C(=O)c2cc(Oc3ccc(C(C)(C)C)cc3)c3c4c(Oc5ccc(C(C)(C)C)cc5)cc5c6c(cc(Oc7ccc(C(C)(C)C)cc7)c(c7c(Oc8ccc(C(C)(C)C)cc8)cc(c2c37)C1=O)c64)C(=O)N(C(Cc1cccc2c1oc1ccccc12)C(=O)N(CCNC(=O)C(=C)C)CCNC(=O)C(=C)C)C5=O. The zero-order chi connectivity index (χ0) is 101. The number of carbonyl (C=O) groups is 10. The van der Waals surface area contributed by atoms with Crippen LogP contribution in [0.25, 0.3) is 87.0 Å². The lowest BCUT2D eigenvalue weighted by atomic mass is 9.80. The van der Waals surface area contributed by atoms with Crippen molar-refractivity contribution in [3.8, 4) is 46.0 Å². The van der Waals surface area contributed by atoms with Crippen molar-refractivity contribution in [3.05, 3.63) is 310 Å². The predicted octanol–water partition coefficient (Wildman–Crippen LogP) is 24.0. The second kappa shape index (κ2) is 38.4. The van der Waals surface area contributed by atoms with Crippen molar-refractivity contribution in [1.29, 1.82) is 0 Å². The molecule has 0 radical (unpaired) electrons. The van der Waals surface area contributed by atoms with Gasteiger partial charge in [-0.1, -0.05) is 231 Å². The van der Waals surface area contributed by atoms with Gasteiger partial charge in [0.25, 0.3) is 23.6 Å². The number of para-hydroxylation sites is 4. The summed E-state index contributed by atoms with van der Waals surface area (Å²) in [6, 6.07) is 58.6. The third-order valence-electron chi connectivity index (χ3n) is 26.8. The maximum absolute atomic E-state index is 17.7. The molecular formula is C119H117N7O16. The number of carbonyl (C=O) groups excluding carboxylic acids is 10. The van der Waals surface area contributed by atoms with E-state index >= 15 is 28.8 Å². The fraction of sp³-hybridized carbons (Fsp3) is 0.277. The molecule has 23 nitrogen and oxygen atoms in total. The fourth-order valence-corrected chi connectivity index (χ4v) is 19.1. The van der Waals surface area contributed by atoms with Gasteiger partial charge in [-0.3, -0.25) is 57.7 Å². The highest BCUT2D eigenvalue weighted by Crippen LogP contribution is 2.59. The first-order valence-corrected chi connectivity index (χ1v) is 48.0. The fourth-order valence-electron chi connectivity index (χ4n) is 19.1. The quantitative estimate of drug-likeness (QED) is 0.0149. The van der Waals surface area contributed by atoms with Crippen molar-refractivity contribution >= 4 is 146 Å². The number of hydrogen-bond acceptors (Lipinski definition) is 16. The molecular weight excluding hydrogens is 1780 g/mol. The van der Waals surface area contributed by atoms with Gasteiger partial charge in [0, 0.05) is 146 Å². The van der Waals surface area contributed by atoms with Crippen molar-refractivity contribution < 1.29 is 75.7 Å². The van der Waals surface area contributed by atoms with Crippen molar-refractivity contribution in [2.24, 2.45) is 0 Å². The topological polar surface area (TPSA) is 283 Å². The molecule has 0 spiro atoms. The summed E-state index contributed by atoms with van der Waals surface area (Å²) in [5.74, 6) is -6.05. The molecule has 9 amide bonds. The maximum atomic E-state index is 17.7. The van der Waals surface area contributed by atoms with Crippen LogP contribution < -0.4 is 34.9 Å². The van der Waals surface area contributed by atoms with E-state index in [0.717, 1.165) is 42.8 Å². The van der Waals surface area contributed by atoms with Crippen LogP contribution in [0.15, 0.2) is 264 Å². The molecule has 142 heavy (non-hydrogen) atoms. The minimum absolute atomic E-state index is 0.0211. The van der Waals surface area contributed by atoms with Crippen LogP contribution in [0.5, 0.6) is 46.0 Å². The molecule has 23 heteroatoms. The number of amides is 9. The lowest BCUT2D eigenvalue weighted by molar-refractivity contribution is -0.136. The van der Waals surface area contributed by atoms with Crippen molar-refractivity contribution in [1.82, 2.24) is 35.6 Å². The van der Waals surface area contributed by atoms with Crippen LogP contribution in [0, 0.1) is 0 Å². The summed E-state index contributed by atoms with van der Waals surface area (Å²) in [6.07, 6.45) is -0.605. The Kier molecular flexibility index (Phi) is 26.5. The van der Waals surface area contributed by atoms with Crippen LogP contribution in [0.3, 0.4) is 0 Å². The van der Waals surface area contributed by atoms with Gasteiger partial charge in [0.1, 0.15) is 80.4 Å². The number of benzene rings is 13. The normalized spacial score (nSPS) is 13.4. The molecule has 3 N–H and O–H groups in total. The third kappa shape index (κ3) is 19.1. The molecule has 13 aromatic carbocycles. The summed E-state index contributed by atoms with van der Waals surface area (Å²) in [5, 5.41) is 12.6. The molecule has 15 aromatic rings. The Morgan fingerprint density at radius 3 is 0.887 bits per heavy atom. The minimum Gasteiger partial charge on any atom is -0.457 e. The second-order valence-electron chi connectivity index (χ2n) is 41.4. The zero-order valence-electron chi connectivity index (χ0n) is 83.2. The second-order valence-corrected chi connectivity index (χ2v) is 41.4. The highest BCUT2D eigenvalue weighted by molar-refractivity contribution is 6.45. The Morgan fingerprint density at radius 1 is 0.338 bits per heavy atom. The molecule has 2 aliphatic heterocycles. The molecule has 0 saturated heterocycles. The van der Waals surface area contributed by atoms with E-state index in [-0.39, 0.29) is 227 Å². The summed E-state index contributed by atoms with van der Waals surface area (Å²) in [6.45, 7) is 45.7. The van der Waals surface area contributed by atoms with Crippen molar-refractivity contribution in [2.75, 3.05) is 45.8 Å². The largest absolute Gasteiger partial charge is 0.457 e. The van der Waals surface area contributed by atoms with Gasteiger partial charge in [0.15, 0.2) is 5.78 Å². The molecule has 17 rings (SSSR count). The van der Waals surface area contributed by atoms with Crippen LogP contribution in [0.1, 0.15) is 198 Å². The number of Topliss-reactive ketones (excluding diaryl/α,β-unsaturated/α-hetero) is 1. The number of ether oxygens (including phenoxy) is 4. The van der Waals surface area contributed by atoms with E-state index < -0.39 is 65.2 Å². The van der Waals surface area contributed by atoms with E-state index in [9.17, 15) is 19.2 Å². The summed E-state index contributed by atoms with van der Waals surface area (Å²) < 4.78 is 43.8. The highest BCUT2D eigenvalue weighted by Gasteiger charge is 2.49. The molecule has 2 unspecified atom stereocenters. The standard InChI is InChI=1S/C119H117N7O16/c1-66(2)90(127)34-27-56-123(57-53-120-107(128)67(3)4)114(135)88(60-70-28-25-32-82-80-30-21-23-35-91(80)141-105(70)82)125-110(131)84-62-93(137-76-45-37-72(38-46-76)116(9,10)11)99-101-95(139-78-49-41-74(42-50-78)118(15,16)17)64-86-98-87(65-96(140-79-51-43-75(44-52-79)119(18,19)20)102(104(98)101)100-94(63-85(111(125)132)97(84)103(99)100)138-77-47-39-73(40-48-77)117(12,13)14)113(134)126(112(86)133)89(61-71-29-26-33-83-81-31-22-24-36-92(81)142-106(71)83)115(136)124(58-54-121-108(129)68(5)6)59-55-122-109(130)69(7)8/h21-26,28-33,35-52,62-65,88-89H,1,3,5,7,27,34,53-61H2,2,4,6,8-20H3,(H,120,128)(H,121,129)(H,122,130). The predicted molar refractivity (Wildman–Crippen MR) is 558 cm³/mol. The molecule has 724 valence electrons. The molecule has 0 saturated carbocycles. The van der Waals surface area contributed by atoms with Crippen molar-refractivity contribution in [3.63, 3.8) is 0 Å². The first-order valence-electron chi connectivity index (χ1n) is 48.0. The number of nitrogens with one attached hydrogen (secondary N) is 3. The Balaban J connectivity index is 0.996. The molecule has 2 atom stereocenters. The van der Waals surface area contributed by atoms with Crippen LogP contribution >= 0.6 is 0 Å². The van der Waals surface area contributed by atoms with Crippen molar-refractivity contribution in [2.45, 2.75) is 170 Å². The lowest BCUT2D eigenvalue weighted by Crippen LogP contribution is -2.57. The Morgan fingerprint density at radius 2 is 0.613 bits per heavy atom. The average Bonchev–Trinajstić information content (AvgIpc) is 0.823. The third-order valence-corrected chi connectivity index (χ3v) is 26.8. The van der Waals surface area contributed by atoms with Gasteiger partial charge < -0.3 is 53.5 Å². The zero-order valence-corrected chi connectivity index (χ0v) is 83.2. The van der Waals surface area contributed by atoms with Crippen LogP contribution in [-0.4, -0.2) is 136 Å². The number of hydrogen-bond donors (Lipinski definition) is 3. The monoisotopic (exact) mass is 1900 g/mol. The van der Waals surface area contributed by atoms with E-state index in [1.54, 1.807) is 64.1 Å². The summed E-state index contributed by atoms with van der Waals surface area (Å²) in [4.78, 5) is 163. The molecule has 4 heterocycles. The molecule has 0 aliphatic carbocycles. The molecule has 2 aliphatic rings. The van der Waals surface area contributed by atoms with Gasteiger partial charge in [-0.15, -0.1) is 0 Å². The highest BCUT2D eigenvalue weighted by atomic mass is 16.5. The van der Waals surface area contributed by atoms with Crippen LogP contribution in [-0.2, 0) is 63.3 Å². The molecule has 0 bridgehead atoms. The lowest BCUT2D eigenvalue weighted by Gasteiger charge is -2.38. The number of furan rings is 2. The first kappa shape index (κ1) is 97.8. The first-order chi connectivity index (χ1) is 67.4. The summed E-state index contributed by atoms with van der Waals surface area (Å²) in [7, 11) is 0. The van der Waals surface area contributed by atoms with Crippen LogP contribution in [0.4, 0.5) is 0 Å². The van der Waals surface area contributed by atoms with E-state index in [4.69, 9.17) is 27.8 Å². The number of ketones is 1. The Labute approximate surface area is 824 Å². The summed E-state index contributed by atoms with van der Waals surface area (Å²) in [5.41, 5.74) is 5.42. The smallest absolute Gasteiger partial charge is 0.262 e. The van der Waals surface area contributed by atoms with Gasteiger partial charge in [-0.2, -0.15) is 0 Å². The van der Waals surface area contributed by atoms with E-state index in [1.165, 1.54) is 9.80 Å². The van der Waals surface area contributed by atoms with Gasteiger partial charge >= 0.3 is 0 Å². The number of nitrogens with zero attached hydrogens (tertiary/aromatic N) is 4. The summed E-state index contributed by atoms with van der Waals surface area (Å²) >= 11 is 0. The van der Waals surface area contributed by atoms with E-state index in [2.05, 4.69) is 125 Å². The van der Waals surface area contributed by atoms with Gasteiger partial charge in [-0.25, -0.2) is 0 Å². The maximum Gasteiger partial charge on any atom is 0.262 e. The minimum atomic E-state index is -1.77. The van der Waals surface area contributed by atoms with E-state index in [0.29, 0.717) is 49.8 Å². The van der Waals surface area contributed by atoms with Crippen LogP contribution in [0.2, 0.25) is 0 Å². The number of imide groups is 2. The number of allylic oxidation sites excluding steroid dienone is 1. The number of fused-ring (bicyclic) bond motifs is 8. The molecule has 2 aromatic heterocycles. The Hall–Kier alpha value is -15.8. The molecule has 0 fully saturated rings.